The number of carbonyl (C=O) groups is 1. The first-order chi connectivity index (χ1) is 17.7. The SMILES string of the molecule is C=C1C(CC=C2CCC[C@]3(C)[C@@H]([C@@H](C)C=C[C@H](O)C4(c5nc(CC)co5)CC4)CC[C@@H]23)CC(=O)C[C@@H]1O. The number of ketones is 1. The molecule has 0 aromatic carbocycles. The fourth-order valence-electron chi connectivity index (χ4n) is 7.89. The van der Waals surface area contributed by atoms with Crippen LogP contribution in [0.2, 0.25) is 0 Å². The summed E-state index contributed by atoms with van der Waals surface area (Å²) in [5, 5.41) is 21.3. The van der Waals surface area contributed by atoms with E-state index in [9.17, 15) is 15.0 Å². The van der Waals surface area contributed by atoms with Crippen molar-refractivity contribution in [3.63, 3.8) is 0 Å². The molecule has 37 heavy (non-hydrogen) atoms. The van der Waals surface area contributed by atoms with Gasteiger partial charge in [-0.25, -0.2) is 4.98 Å². The fraction of sp³-hybridized carbons (Fsp3) is 0.688. The van der Waals surface area contributed by atoms with Crippen LogP contribution in [0.15, 0.2) is 46.6 Å². The van der Waals surface area contributed by atoms with E-state index in [-0.39, 0.29) is 29.0 Å². The van der Waals surface area contributed by atoms with Crippen LogP contribution in [0, 0.1) is 29.1 Å². The van der Waals surface area contributed by atoms with Gasteiger partial charge in [0.15, 0.2) is 0 Å². The molecule has 0 aliphatic heterocycles. The van der Waals surface area contributed by atoms with Gasteiger partial charge in [0.05, 0.1) is 23.3 Å². The van der Waals surface area contributed by atoms with Gasteiger partial charge in [0, 0.05) is 12.8 Å². The van der Waals surface area contributed by atoms with Crippen molar-refractivity contribution < 1.29 is 19.4 Å². The molecule has 4 fully saturated rings. The number of nitrogens with zero attached hydrogens (tertiary/aromatic N) is 1. The average molecular weight is 508 g/mol. The van der Waals surface area contributed by atoms with Gasteiger partial charge in [-0.2, -0.15) is 0 Å². The molecule has 0 saturated heterocycles. The molecule has 202 valence electrons. The van der Waals surface area contributed by atoms with Crippen LogP contribution < -0.4 is 0 Å². The minimum absolute atomic E-state index is 0.0734. The van der Waals surface area contributed by atoms with E-state index in [0.717, 1.165) is 43.4 Å². The van der Waals surface area contributed by atoms with Gasteiger partial charge in [-0.15, -0.1) is 0 Å². The third-order valence-corrected chi connectivity index (χ3v) is 10.5. The molecule has 2 N–H and O–H groups in total. The van der Waals surface area contributed by atoms with Crippen molar-refractivity contribution >= 4 is 5.78 Å². The standard InChI is InChI=1S/C32H45NO4/c1-5-24-19-37-30(33-24)32(15-16-32)29(36)13-8-20(2)26-11-12-27-22(7-6-14-31(26,27)4)9-10-23-17-25(34)18-28(35)21(23)3/h8-9,13,19-20,23,26-29,35-36H,3,5-7,10-12,14-18H2,1-2,4H3/t20-,23?,26+,27-,28-,29-,31+/m0/s1. The van der Waals surface area contributed by atoms with Crippen molar-refractivity contribution in [2.24, 2.45) is 29.1 Å². The van der Waals surface area contributed by atoms with Crippen LogP contribution in [0.1, 0.15) is 96.6 Å². The van der Waals surface area contributed by atoms with Gasteiger partial charge in [0.25, 0.3) is 0 Å². The molecular weight excluding hydrogens is 462 g/mol. The Hall–Kier alpha value is -1.98. The van der Waals surface area contributed by atoms with Crippen molar-refractivity contribution in [1.29, 1.82) is 0 Å². The van der Waals surface area contributed by atoms with Crippen LogP contribution in [0.25, 0.3) is 0 Å². The van der Waals surface area contributed by atoms with Crippen molar-refractivity contribution in [2.45, 2.75) is 109 Å². The Kier molecular flexibility index (Phi) is 7.41. The van der Waals surface area contributed by atoms with Crippen molar-refractivity contribution in [1.82, 2.24) is 4.98 Å². The minimum Gasteiger partial charge on any atom is -0.448 e. The fourth-order valence-corrected chi connectivity index (χ4v) is 7.89. The summed E-state index contributed by atoms with van der Waals surface area (Å²) < 4.78 is 5.74. The molecule has 4 aliphatic rings. The zero-order valence-corrected chi connectivity index (χ0v) is 22.9. The van der Waals surface area contributed by atoms with E-state index in [4.69, 9.17) is 4.42 Å². The Morgan fingerprint density at radius 1 is 1.24 bits per heavy atom. The minimum atomic E-state index is -0.674. The Labute approximate surface area is 222 Å². The van der Waals surface area contributed by atoms with Gasteiger partial charge >= 0.3 is 0 Å². The molecule has 5 heteroatoms. The molecule has 1 heterocycles. The van der Waals surface area contributed by atoms with Crippen LogP contribution in [-0.4, -0.2) is 33.2 Å². The number of rotatable bonds is 8. The zero-order valence-electron chi connectivity index (χ0n) is 22.9. The number of aromatic nitrogens is 1. The highest BCUT2D eigenvalue weighted by molar-refractivity contribution is 5.81. The van der Waals surface area contributed by atoms with Crippen molar-refractivity contribution in [3.8, 4) is 0 Å². The van der Waals surface area contributed by atoms with Crippen molar-refractivity contribution in [3.05, 3.63) is 53.8 Å². The highest BCUT2D eigenvalue weighted by Gasteiger charge is 2.54. The second kappa shape index (κ2) is 10.3. The highest BCUT2D eigenvalue weighted by atomic mass is 16.3. The first kappa shape index (κ1) is 26.6. The van der Waals surface area contributed by atoms with Crippen LogP contribution in [0.4, 0.5) is 0 Å². The summed E-state index contributed by atoms with van der Waals surface area (Å²) in [7, 11) is 0. The van der Waals surface area contributed by atoms with Crippen molar-refractivity contribution in [2.75, 3.05) is 0 Å². The number of aryl methyl sites for hydroxylation is 1. The summed E-state index contributed by atoms with van der Waals surface area (Å²) in [6.45, 7) is 11.0. The van der Waals surface area contributed by atoms with E-state index < -0.39 is 12.2 Å². The number of aliphatic hydroxyl groups is 2. The van der Waals surface area contributed by atoms with Gasteiger partial charge in [-0.05, 0) is 92.4 Å². The third-order valence-electron chi connectivity index (χ3n) is 10.5. The highest BCUT2D eigenvalue weighted by Crippen LogP contribution is 2.60. The maximum Gasteiger partial charge on any atom is 0.203 e. The molecule has 1 aromatic heterocycles. The summed E-state index contributed by atoms with van der Waals surface area (Å²) in [6.07, 6.45) is 17.4. The summed E-state index contributed by atoms with van der Waals surface area (Å²) in [6, 6.07) is 0. The summed E-state index contributed by atoms with van der Waals surface area (Å²) in [5.74, 6) is 2.48. The lowest BCUT2D eigenvalue weighted by Crippen LogP contribution is -2.36. The van der Waals surface area contributed by atoms with Gasteiger partial charge < -0.3 is 14.6 Å². The first-order valence-electron chi connectivity index (χ1n) is 14.6. The quantitative estimate of drug-likeness (QED) is 0.406. The van der Waals surface area contributed by atoms with E-state index in [1.54, 1.807) is 11.8 Å². The maximum absolute atomic E-state index is 12.0. The lowest BCUT2D eigenvalue weighted by molar-refractivity contribution is -0.122. The van der Waals surface area contributed by atoms with E-state index in [2.05, 4.69) is 44.5 Å². The lowest BCUT2D eigenvalue weighted by atomic mass is 9.61. The molecule has 0 radical (unpaired) electrons. The van der Waals surface area contributed by atoms with Crippen LogP contribution >= 0.6 is 0 Å². The predicted molar refractivity (Wildman–Crippen MR) is 145 cm³/mol. The second-order valence-corrected chi connectivity index (χ2v) is 12.7. The molecule has 1 unspecified atom stereocenters. The van der Waals surface area contributed by atoms with E-state index in [1.165, 1.54) is 25.7 Å². The molecule has 4 aliphatic carbocycles. The first-order valence-corrected chi connectivity index (χ1v) is 14.6. The number of aliphatic hydroxyl groups excluding tert-OH is 2. The van der Waals surface area contributed by atoms with Crippen LogP contribution in [-0.2, 0) is 16.6 Å². The van der Waals surface area contributed by atoms with Gasteiger partial charge in [-0.1, -0.05) is 51.2 Å². The van der Waals surface area contributed by atoms with Gasteiger partial charge in [0.2, 0.25) is 5.89 Å². The van der Waals surface area contributed by atoms with E-state index >= 15 is 0 Å². The summed E-state index contributed by atoms with van der Waals surface area (Å²) in [5.41, 5.74) is 3.26. The van der Waals surface area contributed by atoms with E-state index in [0.29, 0.717) is 30.1 Å². The van der Waals surface area contributed by atoms with Crippen LogP contribution in [0.3, 0.4) is 0 Å². The number of carbonyl (C=O) groups excluding carboxylic acids is 1. The average Bonchev–Trinajstić information content (AvgIpc) is 3.39. The second-order valence-electron chi connectivity index (χ2n) is 12.7. The molecular formula is C32H45NO4. The molecule has 5 nitrogen and oxygen atoms in total. The molecule has 1 aromatic rings. The van der Waals surface area contributed by atoms with Crippen LogP contribution in [0.5, 0.6) is 0 Å². The monoisotopic (exact) mass is 507 g/mol. The summed E-state index contributed by atoms with van der Waals surface area (Å²) >= 11 is 0. The van der Waals surface area contributed by atoms with Gasteiger partial charge in [-0.3, -0.25) is 4.79 Å². The normalized spacial score (nSPS) is 36.2. The topological polar surface area (TPSA) is 83.6 Å². The third kappa shape index (κ3) is 4.94. The largest absolute Gasteiger partial charge is 0.448 e. The Balaban J connectivity index is 1.25. The maximum atomic E-state index is 12.0. The van der Waals surface area contributed by atoms with E-state index in [1.807, 2.05) is 6.08 Å². The zero-order chi connectivity index (χ0) is 26.4. The number of hydrogen-bond acceptors (Lipinski definition) is 5. The predicted octanol–water partition coefficient (Wildman–Crippen LogP) is 6.25. The smallest absolute Gasteiger partial charge is 0.203 e. The summed E-state index contributed by atoms with van der Waals surface area (Å²) in [4.78, 5) is 16.7. The molecule has 0 bridgehead atoms. The van der Waals surface area contributed by atoms with Gasteiger partial charge in [0.1, 0.15) is 12.0 Å². The Morgan fingerprint density at radius 3 is 2.73 bits per heavy atom. The molecule has 0 spiro atoms. The number of hydrogen-bond donors (Lipinski definition) is 2. The molecule has 0 amide bonds. The number of Topliss-reactive ketones (excluding diaryl/α,β-unsaturated/α-hetero) is 1. The molecule has 5 rings (SSSR count). The number of allylic oxidation sites excluding steroid dienone is 3. The lowest BCUT2D eigenvalue weighted by Gasteiger charge is -2.44. The molecule has 7 atom stereocenters. The number of fused-ring (bicyclic) bond motifs is 1. The number of oxazole rings is 1. The Bertz CT molecular complexity index is 1080. The Morgan fingerprint density at radius 2 is 2.03 bits per heavy atom. The molecule has 4 saturated carbocycles.